The van der Waals surface area contributed by atoms with E-state index < -0.39 is 0 Å². The lowest BCUT2D eigenvalue weighted by molar-refractivity contribution is 0.477. The first kappa shape index (κ1) is 11.5. The van der Waals surface area contributed by atoms with E-state index in [1.807, 2.05) is 36.4 Å². The van der Waals surface area contributed by atoms with Crippen LogP contribution in [0.25, 0.3) is 0 Å². The lowest BCUT2D eigenvalue weighted by atomic mass is 10.1. The molecule has 0 saturated carbocycles. The van der Waals surface area contributed by atoms with Crippen molar-refractivity contribution < 1.29 is 5.11 Å². The van der Waals surface area contributed by atoms with Crippen LogP contribution >= 0.6 is 0 Å². The van der Waals surface area contributed by atoms with Crippen LogP contribution in [0.4, 0.5) is 5.69 Å². The normalized spacial score (nSPS) is 10.2. The molecule has 0 fully saturated rings. The van der Waals surface area contributed by atoms with Gasteiger partial charge in [-0.05, 0) is 23.3 Å². The molecule has 0 aliphatic rings. The summed E-state index contributed by atoms with van der Waals surface area (Å²) in [5.41, 5.74) is 8.56. The molecular formula is C14H16N2O. The average Bonchev–Trinajstić information content (AvgIpc) is 2.38. The molecule has 0 atom stereocenters. The van der Waals surface area contributed by atoms with Crippen molar-refractivity contribution >= 4 is 5.69 Å². The topological polar surface area (TPSA) is 58.3 Å². The first-order valence-electron chi connectivity index (χ1n) is 5.59. The Balaban J connectivity index is 2.00. The van der Waals surface area contributed by atoms with Crippen molar-refractivity contribution in [3.63, 3.8) is 0 Å². The van der Waals surface area contributed by atoms with Gasteiger partial charge in [0.05, 0.1) is 5.69 Å². The monoisotopic (exact) mass is 228 g/mol. The standard InChI is InChI=1S/C14H16N2O/c15-9-11-5-7-12(8-6-11)10-16-13-3-1-2-4-14(13)17/h1-8,16-17H,9-10,15H2. The third-order valence-electron chi connectivity index (χ3n) is 2.65. The Kier molecular flexibility index (Phi) is 3.62. The van der Waals surface area contributed by atoms with Gasteiger partial charge in [0, 0.05) is 13.1 Å². The number of phenols is 1. The third-order valence-corrected chi connectivity index (χ3v) is 2.65. The molecule has 0 spiro atoms. The van der Waals surface area contributed by atoms with E-state index in [-0.39, 0.29) is 5.75 Å². The van der Waals surface area contributed by atoms with Gasteiger partial charge in [0.2, 0.25) is 0 Å². The Labute approximate surface area is 101 Å². The quantitative estimate of drug-likeness (QED) is 0.704. The molecule has 0 aromatic heterocycles. The van der Waals surface area contributed by atoms with Crippen molar-refractivity contribution in [2.75, 3.05) is 5.32 Å². The van der Waals surface area contributed by atoms with Crippen molar-refractivity contribution in [1.29, 1.82) is 0 Å². The highest BCUT2D eigenvalue weighted by Crippen LogP contribution is 2.22. The maximum Gasteiger partial charge on any atom is 0.138 e. The van der Waals surface area contributed by atoms with Crippen molar-refractivity contribution in [3.8, 4) is 5.75 Å². The number of phenolic OH excluding ortho intramolecular Hbond substituents is 1. The van der Waals surface area contributed by atoms with Gasteiger partial charge in [0.25, 0.3) is 0 Å². The minimum absolute atomic E-state index is 0.270. The molecule has 2 aromatic carbocycles. The Bertz CT molecular complexity index is 480. The van der Waals surface area contributed by atoms with Crippen LogP contribution in [-0.4, -0.2) is 5.11 Å². The largest absolute Gasteiger partial charge is 0.506 e. The summed E-state index contributed by atoms with van der Waals surface area (Å²) >= 11 is 0. The summed E-state index contributed by atoms with van der Waals surface area (Å²) < 4.78 is 0. The van der Waals surface area contributed by atoms with E-state index in [2.05, 4.69) is 5.32 Å². The average molecular weight is 228 g/mol. The summed E-state index contributed by atoms with van der Waals surface area (Å²) in [6, 6.07) is 15.3. The SMILES string of the molecule is NCc1ccc(CNc2ccccc2O)cc1. The van der Waals surface area contributed by atoms with E-state index in [1.54, 1.807) is 12.1 Å². The molecular weight excluding hydrogens is 212 g/mol. The Morgan fingerprint density at radius 2 is 1.59 bits per heavy atom. The van der Waals surface area contributed by atoms with Crippen molar-refractivity contribution in [2.24, 2.45) is 5.73 Å². The predicted octanol–water partition coefficient (Wildman–Crippen LogP) is 2.46. The Morgan fingerprint density at radius 1 is 0.941 bits per heavy atom. The molecule has 0 radical (unpaired) electrons. The fourth-order valence-electron chi connectivity index (χ4n) is 1.61. The number of hydrogen-bond donors (Lipinski definition) is 3. The summed E-state index contributed by atoms with van der Waals surface area (Å²) in [5.74, 6) is 0.270. The second-order valence-corrected chi connectivity index (χ2v) is 3.89. The van der Waals surface area contributed by atoms with Gasteiger partial charge >= 0.3 is 0 Å². The molecule has 2 rings (SSSR count). The summed E-state index contributed by atoms with van der Waals surface area (Å²) in [4.78, 5) is 0. The molecule has 88 valence electrons. The first-order valence-corrected chi connectivity index (χ1v) is 5.59. The summed E-state index contributed by atoms with van der Waals surface area (Å²) in [7, 11) is 0. The number of nitrogens with two attached hydrogens (primary N) is 1. The van der Waals surface area contributed by atoms with Gasteiger partial charge in [-0.1, -0.05) is 36.4 Å². The van der Waals surface area contributed by atoms with Crippen LogP contribution in [0, 0.1) is 0 Å². The lowest BCUT2D eigenvalue weighted by Crippen LogP contribution is -2.00. The Hall–Kier alpha value is -2.00. The number of nitrogens with one attached hydrogen (secondary N) is 1. The molecule has 4 N–H and O–H groups in total. The van der Waals surface area contributed by atoms with Gasteiger partial charge in [-0.25, -0.2) is 0 Å². The van der Waals surface area contributed by atoms with Crippen LogP contribution < -0.4 is 11.1 Å². The Morgan fingerprint density at radius 3 is 2.24 bits per heavy atom. The van der Waals surface area contributed by atoms with Gasteiger partial charge in [-0.2, -0.15) is 0 Å². The van der Waals surface area contributed by atoms with Gasteiger partial charge in [0.15, 0.2) is 0 Å². The molecule has 3 heteroatoms. The molecule has 0 unspecified atom stereocenters. The zero-order valence-corrected chi connectivity index (χ0v) is 9.56. The number of hydrogen-bond acceptors (Lipinski definition) is 3. The van der Waals surface area contributed by atoms with Gasteiger partial charge in [-0.3, -0.25) is 0 Å². The summed E-state index contributed by atoms with van der Waals surface area (Å²) in [5, 5.41) is 12.8. The molecule has 0 saturated heterocycles. The van der Waals surface area contributed by atoms with Crippen LogP contribution in [0.2, 0.25) is 0 Å². The minimum Gasteiger partial charge on any atom is -0.506 e. The number of para-hydroxylation sites is 2. The molecule has 2 aromatic rings. The third kappa shape index (κ3) is 2.98. The van der Waals surface area contributed by atoms with E-state index >= 15 is 0 Å². The molecule has 0 aliphatic heterocycles. The van der Waals surface area contributed by atoms with E-state index in [0.717, 1.165) is 16.8 Å². The highest BCUT2D eigenvalue weighted by atomic mass is 16.3. The molecule has 0 heterocycles. The smallest absolute Gasteiger partial charge is 0.138 e. The number of aromatic hydroxyl groups is 1. The lowest BCUT2D eigenvalue weighted by Gasteiger charge is -2.08. The van der Waals surface area contributed by atoms with Crippen molar-refractivity contribution in [1.82, 2.24) is 0 Å². The van der Waals surface area contributed by atoms with Gasteiger partial charge < -0.3 is 16.2 Å². The molecule has 17 heavy (non-hydrogen) atoms. The number of benzene rings is 2. The highest BCUT2D eigenvalue weighted by molar-refractivity contribution is 5.55. The highest BCUT2D eigenvalue weighted by Gasteiger charge is 1.98. The summed E-state index contributed by atoms with van der Waals surface area (Å²) in [6.45, 7) is 1.25. The maximum atomic E-state index is 9.59. The molecule has 3 nitrogen and oxygen atoms in total. The fraction of sp³-hybridized carbons (Fsp3) is 0.143. The second kappa shape index (κ2) is 5.37. The maximum absolute atomic E-state index is 9.59. The van der Waals surface area contributed by atoms with E-state index in [0.29, 0.717) is 13.1 Å². The van der Waals surface area contributed by atoms with Crippen LogP contribution in [0.3, 0.4) is 0 Å². The predicted molar refractivity (Wildman–Crippen MR) is 69.8 cm³/mol. The minimum atomic E-state index is 0.270. The molecule has 0 bridgehead atoms. The van der Waals surface area contributed by atoms with E-state index in [1.165, 1.54) is 0 Å². The fourth-order valence-corrected chi connectivity index (χ4v) is 1.61. The van der Waals surface area contributed by atoms with Crippen molar-refractivity contribution in [2.45, 2.75) is 13.1 Å². The van der Waals surface area contributed by atoms with E-state index in [9.17, 15) is 5.11 Å². The van der Waals surface area contributed by atoms with Gasteiger partial charge in [0.1, 0.15) is 5.75 Å². The van der Waals surface area contributed by atoms with E-state index in [4.69, 9.17) is 5.73 Å². The first-order chi connectivity index (χ1) is 8.29. The molecule has 0 amide bonds. The zero-order chi connectivity index (χ0) is 12.1. The second-order valence-electron chi connectivity index (χ2n) is 3.89. The molecule has 0 aliphatic carbocycles. The summed E-state index contributed by atoms with van der Waals surface area (Å²) in [6.07, 6.45) is 0. The van der Waals surface area contributed by atoms with Gasteiger partial charge in [-0.15, -0.1) is 0 Å². The zero-order valence-electron chi connectivity index (χ0n) is 9.56. The van der Waals surface area contributed by atoms with Crippen molar-refractivity contribution in [3.05, 3.63) is 59.7 Å². The van der Waals surface area contributed by atoms with Crippen LogP contribution in [0.15, 0.2) is 48.5 Å². The van der Waals surface area contributed by atoms with Crippen LogP contribution in [-0.2, 0) is 13.1 Å². The van der Waals surface area contributed by atoms with Crippen LogP contribution in [0.1, 0.15) is 11.1 Å². The van der Waals surface area contributed by atoms with Crippen LogP contribution in [0.5, 0.6) is 5.75 Å². The number of rotatable bonds is 4. The number of anilines is 1.